The van der Waals surface area contributed by atoms with Crippen LogP contribution in [0.1, 0.15) is 24.9 Å². The van der Waals surface area contributed by atoms with Crippen LogP contribution in [0.4, 0.5) is 0 Å². The Labute approximate surface area is 110 Å². The van der Waals surface area contributed by atoms with Crippen LogP contribution < -0.4 is 14.8 Å². The maximum absolute atomic E-state index is 11.2. The highest BCUT2D eigenvalue weighted by molar-refractivity contribution is 6.31. The van der Waals surface area contributed by atoms with Gasteiger partial charge >= 0.3 is 11.9 Å². The Morgan fingerprint density at radius 2 is 2.00 bits per heavy atom. The number of amides is 1. The molecule has 1 aliphatic rings. The Kier molecular flexibility index (Phi) is 3.89. The van der Waals surface area contributed by atoms with Crippen LogP contribution in [0.3, 0.4) is 0 Å². The van der Waals surface area contributed by atoms with Gasteiger partial charge in [0.15, 0.2) is 11.5 Å². The molecule has 0 bridgehead atoms. The average Bonchev–Trinajstić information content (AvgIpc) is 2.43. The molecule has 2 rings (SSSR count). The summed E-state index contributed by atoms with van der Waals surface area (Å²) in [5.41, 5.74) is 0.793. The molecule has 2 N–H and O–H groups in total. The van der Waals surface area contributed by atoms with Crippen molar-refractivity contribution in [1.29, 1.82) is 0 Å². The summed E-state index contributed by atoms with van der Waals surface area (Å²) in [5, 5.41) is 11.1. The first-order valence-electron chi connectivity index (χ1n) is 6.05. The molecule has 0 spiro atoms. The average molecular weight is 265 g/mol. The third-order valence-electron chi connectivity index (χ3n) is 2.88. The van der Waals surface area contributed by atoms with E-state index in [0.29, 0.717) is 31.1 Å². The Balaban J connectivity index is 2.18. The lowest BCUT2D eigenvalue weighted by Gasteiger charge is -2.21. The van der Waals surface area contributed by atoms with Crippen molar-refractivity contribution in [3.8, 4) is 11.5 Å². The number of fused-ring (bicyclic) bond motifs is 1. The molecule has 0 aliphatic carbocycles. The van der Waals surface area contributed by atoms with E-state index in [-0.39, 0.29) is 6.04 Å². The van der Waals surface area contributed by atoms with E-state index in [4.69, 9.17) is 14.6 Å². The zero-order chi connectivity index (χ0) is 13.8. The third-order valence-corrected chi connectivity index (χ3v) is 2.88. The zero-order valence-electron chi connectivity index (χ0n) is 10.5. The minimum Gasteiger partial charge on any atom is -0.486 e. The molecule has 1 atom stereocenters. The van der Waals surface area contributed by atoms with Gasteiger partial charge in [-0.1, -0.05) is 13.0 Å². The number of ether oxygens (including phenoxy) is 2. The zero-order valence-corrected chi connectivity index (χ0v) is 10.5. The second kappa shape index (κ2) is 5.60. The van der Waals surface area contributed by atoms with Gasteiger partial charge in [-0.3, -0.25) is 4.79 Å². The fourth-order valence-electron chi connectivity index (χ4n) is 1.92. The van der Waals surface area contributed by atoms with E-state index in [2.05, 4.69) is 5.32 Å². The first kappa shape index (κ1) is 13.2. The van der Waals surface area contributed by atoms with Crippen molar-refractivity contribution in [3.05, 3.63) is 23.8 Å². The Morgan fingerprint density at radius 1 is 1.32 bits per heavy atom. The molecular weight excluding hydrogens is 250 g/mol. The number of hydrogen-bond acceptors (Lipinski definition) is 4. The summed E-state index contributed by atoms with van der Waals surface area (Å²) in [6.07, 6.45) is 0.582. The minimum atomic E-state index is -1.49. The van der Waals surface area contributed by atoms with Gasteiger partial charge in [-0.25, -0.2) is 4.79 Å². The normalized spacial score (nSPS) is 14.6. The lowest BCUT2D eigenvalue weighted by molar-refractivity contribution is -0.150. The van der Waals surface area contributed by atoms with Gasteiger partial charge in [-0.15, -0.1) is 0 Å². The predicted octanol–water partition coefficient (Wildman–Crippen LogP) is 1.11. The van der Waals surface area contributed by atoms with Gasteiger partial charge in [0.2, 0.25) is 0 Å². The summed E-state index contributed by atoms with van der Waals surface area (Å²) in [4.78, 5) is 21.8. The van der Waals surface area contributed by atoms with Crippen molar-refractivity contribution in [2.24, 2.45) is 0 Å². The highest BCUT2D eigenvalue weighted by Crippen LogP contribution is 2.33. The van der Waals surface area contributed by atoms with Crippen molar-refractivity contribution in [2.45, 2.75) is 19.4 Å². The Hall–Kier alpha value is -2.24. The van der Waals surface area contributed by atoms with Gasteiger partial charge in [-0.05, 0) is 24.1 Å². The molecule has 1 unspecified atom stereocenters. The quantitative estimate of drug-likeness (QED) is 0.800. The van der Waals surface area contributed by atoms with E-state index in [1.807, 2.05) is 6.92 Å². The number of aliphatic carboxylic acids is 1. The van der Waals surface area contributed by atoms with E-state index in [9.17, 15) is 9.59 Å². The first-order valence-corrected chi connectivity index (χ1v) is 6.05. The number of hydrogen-bond donors (Lipinski definition) is 2. The van der Waals surface area contributed by atoms with Crippen molar-refractivity contribution in [2.75, 3.05) is 13.2 Å². The molecule has 0 saturated carbocycles. The summed E-state index contributed by atoms with van der Waals surface area (Å²) < 4.78 is 10.9. The molecule has 6 nitrogen and oxygen atoms in total. The van der Waals surface area contributed by atoms with E-state index in [0.717, 1.165) is 5.56 Å². The number of rotatable bonds is 3. The molecule has 0 radical (unpaired) electrons. The van der Waals surface area contributed by atoms with Gasteiger partial charge in [0.05, 0.1) is 6.04 Å². The van der Waals surface area contributed by atoms with Crippen LogP contribution in [0, 0.1) is 0 Å². The molecule has 1 aliphatic heterocycles. The highest BCUT2D eigenvalue weighted by Gasteiger charge is 2.20. The van der Waals surface area contributed by atoms with E-state index < -0.39 is 11.9 Å². The van der Waals surface area contributed by atoms with E-state index in [1.165, 1.54) is 0 Å². The molecule has 1 amide bonds. The minimum absolute atomic E-state index is 0.362. The van der Waals surface area contributed by atoms with Crippen LogP contribution in [0.2, 0.25) is 0 Å². The van der Waals surface area contributed by atoms with Gasteiger partial charge < -0.3 is 19.9 Å². The summed E-state index contributed by atoms with van der Waals surface area (Å²) in [5.74, 6) is -1.22. The number of carboxylic acids is 1. The lowest BCUT2D eigenvalue weighted by Crippen LogP contribution is -2.33. The fraction of sp³-hybridized carbons (Fsp3) is 0.385. The van der Waals surface area contributed by atoms with Crippen LogP contribution >= 0.6 is 0 Å². The van der Waals surface area contributed by atoms with Crippen LogP contribution in [-0.4, -0.2) is 30.2 Å². The van der Waals surface area contributed by atoms with Crippen LogP contribution in [0.15, 0.2) is 18.2 Å². The second-order valence-corrected chi connectivity index (χ2v) is 4.14. The van der Waals surface area contributed by atoms with Crippen molar-refractivity contribution in [1.82, 2.24) is 5.32 Å². The van der Waals surface area contributed by atoms with Gasteiger partial charge in [-0.2, -0.15) is 0 Å². The molecule has 6 heteroatoms. The van der Waals surface area contributed by atoms with Crippen molar-refractivity contribution in [3.63, 3.8) is 0 Å². The second-order valence-electron chi connectivity index (χ2n) is 4.14. The monoisotopic (exact) mass is 265 g/mol. The smallest absolute Gasteiger partial charge is 0.394 e. The van der Waals surface area contributed by atoms with Crippen LogP contribution in [0.5, 0.6) is 11.5 Å². The topological polar surface area (TPSA) is 84.9 Å². The number of carbonyl (C=O) groups is 2. The molecule has 102 valence electrons. The SMILES string of the molecule is CCC(NC(=O)C(=O)O)c1ccc2c(c1)OCCO2. The first-order chi connectivity index (χ1) is 9.11. The molecular formula is C13H15NO5. The largest absolute Gasteiger partial charge is 0.486 e. The van der Waals surface area contributed by atoms with Crippen LogP contribution in [-0.2, 0) is 9.59 Å². The Bertz CT molecular complexity index is 500. The number of benzene rings is 1. The lowest BCUT2D eigenvalue weighted by atomic mass is 10.0. The van der Waals surface area contributed by atoms with E-state index in [1.54, 1.807) is 18.2 Å². The maximum atomic E-state index is 11.2. The van der Waals surface area contributed by atoms with E-state index >= 15 is 0 Å². The molecule has 0 saturated heterocycles. The molecule has 1 aromatic carbocycles. The third kappa shape index (κ3) is 2.96. The summed E-state index contributed by atoms with van der Waals surface area (Å²) in [6.45, 7) is 2.86. The summed E-state index contributed by atoms with van der Waals surface area (Å²) in [6, 6.07) is 4.97. The number of nitrogens with one attached hydrogen (secondary N) is 1. The molecule has 1 heterocycles. The Morgan fingerprint density at radius 3 is 2.63 bits per heavy atom. The molecule has 0 aromatic heterocycles. The van der Waals surface area contributed by atoms with Gasteiger partial charge in [0.1, 0.15) is 13.2 Å². The van der Waals surface area contributed by atoms with Gasteiger partial charge in [0.25, 0.3) is 0 Å². The highest BCUT2D eigenvalue weighted by atomic mass is 16.6. The maximum Gasteiger partial charge on any atom is 0.394 e. The molecule has 1 aromatic rings. The summed E-state index contributed by atoms with van der Waals surface area (Å²) in [7, 11) is 0. The predicted molar refractivity (Wildman–Crippen MR) is 66.2 cm³/mol. The fourth-order valence-corrected chi connectivity index (χ4v) is 1.92. The molecule has 19 heavy (non-hydrogen) atoms. The summed E-state index contributed by atoms with van der Waals surface area (Å²) >= 11 is 0. The van der Waals surface area contributed by atoms with Gasteiger partial charge in [0, 0.05) is 0 Å². The number of carboxylic acid groups (broad SMARTS) is 1. The van der Waals surface area contributed by atoms with Crippen LogP contribution in [0.25, 0.3) is 0 Å². The van der Waals surface area contributed by atoms with Crippen molar-refractivity contribution < 1.29 is 24.2 Å². The number of carbonyl (C=O) groups excluding carboxylic acids is 1. The molecule has 0 fully saturated rings. The standard InChI is InChI=1S/C13H15NO5/c1-2-9(14-12(15)13(16)17)8-3-4-10-11(7-8)19-6-5-18-10/h3-4,7,9H,2,5-6H2,1H3,(H,14,15)(H,16,17). The van der Waals surface area contributed by atoms with Crippen molar-refractivity contribution >= 4 is 11.9 Å².